The first-order valence-corrected chi connectivity index (χ1v) is 5.77. The molecule has 7 heteroatoms. The van der Waals surface area contributed by atoms with Gasteiger partial charge < -0.3 is 10.0 Å². The Kier molecular flexibility index (Phi) is 3.46. The summed E-state index contributed by atoms with van der Waals surface area (Å²) in [5, 5.41) is 19.8. The molecule has 1 saturated heterocycles. The Morgan fingerprint density at radius 3 is 2.84 bits per heavy atom. The highest BCUT2D eigenvalue weighted by Gasteiger charge is 2.32. The van der Waals surface area contributed by atoms with Crippen molar-refractivity contribution in [1.29, 1.82) is 0 Å². The first kappa shape index (κ1) is 13.0. The topological polar surface area (TPSA) is 101 Å². The lowest BCUT2D eigenvalue weighted by atomic mass is 10.1. The summed E-state index contributed by atoms with van der Waals surface area (Å²) in [7, 11) is 0. The maximum atomic E-state index is 11.1. The average molecular weight is 264 g/mol. The molecule has 1 N–H and O–H groups in total. The molecule has 0 unspecified atom stereocenters. The Balaban J connectivity index is 2.41. The van der Waals surface area contributed by atoms with Crippen LogP contribution in [0.15, 0.2) is 18.2 Å². The van der Waals surface area contributed by atoms with Crippen LogP contribution in [-0.4, -0.2) is 34.9 Å². The van der Waals surface area contributed by atoms with Crippen LogP contribution in [0.3, 0.4) is 0 Å². The molecule has 0 spiro atoms. The van der Waals surface area contributed by atoms with E-state index in [1.54, 1.807) is 4.90 Å². The number of rotatable bonds is 4. The SMILES string of the molecule is O=Cc1cc([N+](=O)[O-])ccc1N1CCC[C@H]1C(=O)O. The number of carbonyl (C=O) groups excluding carboxylic acids is 1. The van der Waals surface area contributed by atoms with Gasteiger partial charge in [0.15, 0.2) is 6.29 Å². The highest BCUT2D eigenvalue weighted by atomic mass is 16.6. The molecule has 1 heterocycles. The largest absolute Gasteiger partial charge is 0.480 e. The highest BCUT2D eigenvalue weighted by molar-refractivity contribution is 5.88. The molecule has 0 bridgehead atoms. The summed E-state index contributed by atoms with van der Waals surface area (Å²) in [5.74, 6) is -0.951. The number of nitro benzene ring substituents is 1. The number of nitrogens with zero attached hydrogens (tertiary/aromatic N) is 2. The minimum atomic E-state index is -0.951. The van der Waals surface area contributed by atoms with E-state index in [1.165, 1.54) is 18.2 Å². The van der Waals surface area contributed by atoms with E-state index >= 15 is 0 Å². The molecular weight excluding hydrogens is 252 g/mol. The lowest BCUT2D eigenvalue weighted by molar-refractivity contribution is -0.384. The number of anilines is 1. The zero-order chi connectivity index (χ0) is 14.0. The molecular formula is C12H12N2O5. The van der Waals surface area contributed by atoms with Gasteiger partial charge in [-0.3, -0.25) is 14.9 Å². The van der Waals surface area contributed by atoms with E-state index in [4.69, 9.17) is 5.11 Å². The van der Waals surface area contributed by atoms with Crippen LogP contribution in [0.1, 0.15) is 23.2 Å². The predicted octanol–water partition coefficient (Wildman–Crippen LogP) is 1.46. The fourth-order valence-corrected chi connectivity index (χ4v) is 2.32. The van der Waals surface area contributed by atoms with Crippen molar-refractivity contribution < 1.29 is 19.6 Å². The van der Waals surface area contributed by atoms with Gasteiger partial charge in [-0.05, 0) is 18.9 Å². The number of nitro groups is 1. The molecule has 1 aliphatic heterocycles. The summed E-state index contributed by atoms with van der Waals surface area (Å²) in [6, 6.07) is 3.20. The van der Waals surface area contributed by atoms with Crippen molar-refractivity contribution in [1.82, 2.24) is 0 Å². The van der Waals surface area contributed by atoms with E-state index in [0.29, 0.717) is 31.4 Å². The van der Waals surface area contributed by atoms with Gasteiger partial charge in [-0.2, -0.15) is 0 Å². The highest BCUT2D eigenvalue weighted by Crippen LogP contribution is 2.30. The van der Waals surface area contributed by atoms with Crippen molar-refractivity contribution in [2.24, 2.45) is 0 Å². The average Bonchev–Trinajstić information content (AvgIpc) is 2.87. The zero-order valence-electron chi connectivity index (χ0n) is 9.98. The maximum absolute atomic E-state index is 11.1. The molecule has 100 valence electrons. The van der Waals surface area contributed by atoms with Crippen molar-refractivity contribution >= 4 is 23.6 Å². The van der Waals surface area contributed by atoms with Gasteiger partial charge >= 0.3 is 5.97 Å². The predicted molar refractivity (Wildman–Crippen MR) is 66.5 cm³/mol. The molecule has 1 fully saturated rings. The van der Waals surface area contributed by atoms with E-state index in [0.717, 1.165) is 0 Å². The summed E-state index contributed by atoms with van der Waals surface area (Å²) < 4.78 is 0. The van der Waals surface area contributed by atoms with Gasteiger partial charge in [-0.15, -0.1) is 0 Å². The Hall–Kier alpha value is -2.44. The number of carboxylic acids is 1. The molecule has 1 aromatic rings. The quantitative estimate of drug-likeness (QED) is 0.502. The smallest absolute Gasteiger partial charge is 0.326 e. The van der Waals surface area contributed by atoms with Crippen LogP contribution in [-0.2, 0) is 4.79 Å². The summed E-state index contributed by atoms with van der Waals surface area (Å²) in [4.78, 5) is 33.8. The first-order valence-electron chi connectivity index (χ1n) is 5.77. The Morgan fingerprint density at radius 2 is 2.26 bits per heavy atom. The van der Waals surface area contributed by atoms with Crippen LogP contribution in [0, 0.1) is 10.1 Å². The Morgan fingerprint density at radius 1 is 1.53 bits per heavy atom. The number of benzene rings is 1. The van der Waals surface area contributed by atoms with Gasteiger partial charge in [0.25, 0.3) is 5.69 Å². The van der Waals surface area contributed by atoms with Crippen molar-refractivity contribution in [3.63, 3.8) is 0 Å². The number of carboxylic acid groups (broad SMARTS) is 1. The minimum absolute atomic E-state index is 0.141. The summed E-state index contributed by atoms with van der Waals surface area (Å²) in [5.41, 5.74) is 0.393. The fraction of sp³-hybridized carbons (Fsp3) is 0.333. The van der Waals surface area contributed by atoms with Crippen molar-refractivity contribution in [2.75, 3.05) is 11.4 Å². The maximum Gasteiger partial charge on any atom is 0.326 e. The van der Waals surface area contributed by atoms with Crippen molar-refractivity contribution in [3.8, 4) is 0 Å². The lowest BCUT2D eigenvalue weighted by Crippen LogP contribution is -2.36. The second-order valence-electron chi connectivity index (χ2n) is 4.31. The minimum Gasteiger partial charge on any atom is -0.480 e. The van der Waals surface area contributed by atoms with E-state index in [-0.39, 0.29) is 11.3 Å². The van der Waals surface area contributed by atoms with E-state index in [2.05, 4.69) is 0 Å². The van der Waals surface area contributed by atoms with Crippen LogP contribution in [0.2, 0.25) is 0 Å². The van der Waals surface area contributed by atoms with Crippen LogP contribution in [0.25, 0.3) is 0 Å². The van der Waals surface area contributed by atoms with Gasteiger partial charge in [0, 0.05) is 29.9 Å². The summed E-state index contributed by atoms with van der Waals surface area (Å²) >= 11 is 0. The van der Waals surface area contributed by atoms with Crippen molar-refractivity contribution in [3.05, 3.63) is 33.9 Å². The third-order valence-corrected chi connectivity index (χ3v) is 3.20. The normalized spacial score (nSPS) is 18.3. The number of hydrogen-bond acceptors (Lipinski definition) is 5. The molecule has 1 aliphatic rings. The molecule has 0 saturated carbocycles. The van der Waals surface area contributed by atoms with Crippen LogP contribution in [0.4, 0.5) is 11.4 Å². The third-order valence-electron chi connectivity index (χ3n) is 3.20. The molecule has 1 aromatic carbocycles. The molecule has 19 heavy (non-hydrogen) atoms. The van der Waals surface area contributed by atoms with E-state index in [1.807, 2.05) is 0 Å². The Bertz CT molecular complexity index is 543. The number of non-ortho nitro benzene ring substituents is 1. The molecule has 0 aromatic heterocycles. The molecule has 0 amide bonds. The van der Waals surface area contributed by atoms with E-state index in [9.17, 15) is 19.7 Å². The fourth-order valence-electron chi connectivity index (χ4n) is 2.32. The summed E-state index contributed by atoms with van der Waals surface area (Å²) in [6.45, 7) is 0.523. The standard InChI is InChI=1S/C12H12N2O5/c15-7-8-6-9(14(18)19)3-4-10(8)13-5-1-2-11(13)12(16)17/h3-4,6-7,11H,1-2,5H2,(H,16,17)/t11-/m0/s1. The number of carbonyl (C=O) groups is 2. The third kappa shape index (κ3) is 2.40. The molecule has 0 aliphatic carbocycles. The first-order chi connectivity index (χ1) is 9.04. The number of hydrogen-bond donors (Lipinski definition) is 1. The molecule has 7 nitrogen and oxygen atoms in total. The van der Waals surface area contributed by atoms with Gasteiger partial charge in [-0.1, -0.05) is 0 Å². The monoisotopic (exact) mass is 264 g/mol. The van der Waals surface area contributed by atoms with Crippen LogP contribution >= 0.6 is 0 Å². The van der Waals surface area contributed by atoms with Crippen LogP contribution < -0.4 is 4.90 Å². The molecule has 1 atom stereocenters. The Labute approximate surface area is 108 Å². The zero-order valence-corrected chi connectivity index (χ0v) is 9.98. The van der Waals surface area contributed by atoms with Gasteiger partial charge in [0.1, 0.15) is 6.04 Å². The van der Waals surface area contributed by atoms with Gasteiger partial charge in [0.05, 0.1) is 4.92 Å². The van der Waals surface area contributed by atoms with Gasteiger partial charge in [-0.25, -0.2) is 4.79 Å². The lowest BCUT2D eigenvalue weighted by Gasteiger charge is -2.24. The molecule has 0 radical (unpaired) electrons. The van der Waals surface area contributed by atoms with Crippen molar-refractivity contribution in [2.45, 2.75) is 18.9 Å². The van der Waals surface area contributed by atoms with Gasteiger partial charge in [0.2, 0.25) is 0 Å². The second kappa shape index (κ2) is 5.05. The number of aliphatic carboxylic acids is 1. The second-order valence-corrected chi connectivity index (χ2v) is 4.31. The molecule has 2 rings (SSSR count). The summed E-state index contributed by atoms with van der Waals surface area (Å²) in [6.07, 6.45) is 1.73. The number of aldehydes is 1. The van der Waals surface area contributed by atoms with Crippen LogP contribution in [0.5, 0.6) is 0 Å². The van der Waals surface area contributed by atoms with E-state index < -0.39 is 16.9 Å².